The van der Waals surface area contributed by atoms with E-state index in [9.17, 15) is 9.59 Å². The van der Waals surface area contributed by atoms with Crippen molar-refractivity contribution in [3.8, 4) is 0 Å². The average Bonchev–Trinajstić information content (AvgIpc) is 3.10. The maximum atomic E-state index is 13.1. The number of pyridine rings is 1. The fourth-order valence-corrected chi connectivity index (χ4v) is 4.06. The Morgan fingerprint density at radius 3 is 2.90 bits per heavy atom. The van der Waals surface area contributed by atoms with Gasteiger partial charge in [-0.3, -0.25) is 14.2 Å². The van der Waals surface area contributed by atoms with Crippen molar-refractivity contribution in [2.45, 2.75) is 45.6 Å². The highest BCUT2D eigenvalue weighted by Crippen LogP contribution is 2.29. The third kappa shape index (κ3) is 3.07. The van der Waals surface area contributed by atoms with Crippen molar-refractivity contribution in [3.63, 3.8) is 0 Å². The van der Waals surface area contributed by atoms with E-state index in [-0.39, 0.29) is 17.0 Å². The molecule has 4 aromatic rings. The molecule has 0 saturated heterocycles. The molecule has 7 heteroatoms. The topological polar surface area (TPSA) is 90.0 Å². The van der Waals surface area contributed by atoms with E-state index in [1.807, 2.05) is 37.3 Å². The number of hydrogen-bond donors (Lipinski definition) is 1. The first-order chi connectivity index (χ1) is 14.5. The number of fused-ring (bicyclic) bond motifs is 4. The third-order valence-electron chi connectivity index (χ3n) is 5.76. The Morgan fingerprint density at radius 2 is 2.07 bits per heavy atom. The van der Waals surface area contributed by atoms with Gasteiger partial charge >= 0.3 is 0 Å². The van der Waals surface area contributed by atoms with Crippen LogP contribution in [0.4, 0.5) is 5.69 Å². The molecule has 1 aliphatic carbocycles. The second-order valence-corrected chi connectivity index (χ2v) is 7.93. The lowest BCUT2D eigenvalue weighted by Crippen LogP contribution is -2.31. The predicted octanol–water partition coefficient (Wildman–Crippen LogP) is 3.92. The fraction of sp³-hybridized carbons (Fsp3) is 0.304. The summed E-state index contributed by atoms with van der Waals surface area (Å²) in [5.74, 6) is -0.298. The molecule has 5 rings (SSSR count). The SMILES string of the molecule is Cc1cccc(NC(=O)C(C)n2cnc3c(oc4nc5c(cc43)CCCC5)c2=O)c1. The Bertz CT molecular complexity index is 1350. The van der Waals surface area contributed by atoms with Gasteiger partial charge in [-0.15, -0.1) is 0 Å². The van der Waals surface area contributed by atoms with Crippen LogP contribution in [0.5, 0.6) is 0 Å². The predicted molar refractivity (Wildman–Crippen MR) is 115 cm³/mol. The van der Waals surface area contributed by atoms with Crippen LogP contribution in [-0.4, -0.2) is 20.4 Å². The summed E-state index contributed by atoms with van der Waals surface area (Å²) >= 11 is 0. The van der Waals surface area contributed by atoms with Crippen LogP contribution in [0.15, 0.2) is 45.9 Å². The number of nitrogens with zero attached hydrogens (tertiary/aromatic N) is 3. The highest BCUT2D eigenvalue weighted by Gasteiger charge is 2.22. The fourth-order valence-electron chi connectivity index (χ4n) is 4.06. The molecule has 1 aliphatic rings. The van der Waals surface area contributed by atoms with Crippen LogP contribution in [0.2, 0.25) is 0 Å². The summed E-state index contributed by atoms with van der Waals surface area (Å²) in [6.07, 6.45) is 5.59. The molecule has 0 saturated carbocycles. The summed E-state index contributed by atoms with van der Waals surface area (Å²) in [5.41, 5.74) is 4.65. The minimum Gasteiger partial charge on any atom is -0.430 e. The molecule has 3 heterocycles. The van der Waals surface area contributed by atoms with E-state index < -0.39 is 6.04 Å². The number of amides is 1. The van der Waals surface area contributed by atoms with Crippen molar-refractivity contribution < 1.29 is 9.21 Å². The molecule has 3 aromatic heterocycles. The van der Waals surface area contributed by atoms with Crippen LogP contribution in [-0.2, 0) is 17.6 Å². The van der Waals surface area contributed by atoms with E-state index in [1.54, 1.807) is 6.92 Å². The summed E-state index contributed by atoms with van der Waals surface area (Å²) in [4.78, 5) is 34.9. The number of rotatable bonds is 3. The largest absolute Gasteiger partial charge is 0.430 e. The first-order valence-corrected chi connectivity index (χ1v) is 10.2. The van der Waals surface area contributed by atoms with Crippen LogP contribution in [0.1, 0.15) is 42.6 Å². The van der Waals surface area contributed by atoms with Gasteiger partial charge in [-0.25, -0.2) is 9.97 Å². The summed E-state index contributed by atoms with van der Waals surface area (Å²) in [6, 6.07) is 8.82. The molecule has 30 heavy (non-hydrogen) atoms. The van der Waals surface area contributed by atoms with Gasteiger partial charge in [0.05, 0.1) is 11.7 Å². The van der Waals surface area contributed by atoms with E-state index in [0.29, 0.717) is 16.9 Å². The zero-order chi connectivity index (χ0) is 20.8. The molecule has 0 radical (unpaired) electrons. The number of furan rings is 1. The maximum Gasteiger partial charge on any atom is 0.297 e. The minimum atomic E-state index is -0.746. The summed E-state index contributed by atoms with van der Waals surface area (Å²) in [5, 5.41) is 3.61. The van der Waals surface area contributed by atoms with Gasteiger partial charge in [-0.05, 0) is 68.9 Å². The zero-order valence-corrected chi connectivity index (χ0v) is 16.9. The second-order valence-electron chi connectivity index (χ2n) is 7.93. The molecule has 0 spiro atoms. The summed E-state index contributed by atoms with van der Waals surface area (Å²) < 4.78 is 7.12. The van der Waals surface area contributed by atoms with E-state index >= 15 is 0 Å². The van der Waals surface area contributed by atoms with Gasteiger partial charge in [0.1, 0.15) is 11.6 Å². The minimum absolute atomic E-state index is 0.137. The van der Waals surface area contributed by atoms with Gasteiger partial charge in [0.25, 0.3) is 5.56 Å². The van der Waals surface area contributed by atoms with E-state index in [2.05, 4.69) is 15.3 Å². The first-order valence-electron chi connectivity index (χ1n) is 10.2. The van der Waals surface area contributed by atoms with Gasteiger partial charge in [-0.2, -0.15) is 0 Å². The van der Waals surface area contributed by atoms with Crippen molar-refractivity contribution in [3.05, 3.63) is 63.8 Å². The average molecular weight is 402 g/mol. The van der Waals surface area contributed by atoms with Gasteiger partial charge in [0.15, 0.2) is 0 Å². The van der Waals surface area contributed by atoms with E-state index in [4.69, 9.17) is 4.42 Å². The second kappa shape index (κ2) is 7.09. The number of benzene rings is 1. The Hall–Kier alpha value is -3.48. The maximum absolute atomic E-state index is 13.1. The monoisotopic (exact) mass is 402 g/mol. The van der Waals surface area contributed by atoms with Crippen molar-refractivity contribution in [1.82, 2.24) is 14.5 Å². The number of aromatic nitrogens is 3. The third-order valence-corrected chi connectivity index (χ3v) is 5.76. The molecule has 0 aliphatic heterocycles. The number of carbonyl (C=O) groups excluding carboxylic acids is 1. The normalized spacial score (nSPS) is 14.6. The van der Waals surface area contributed by atoms with Crippen molar-refractivity contribution >= 4 is 33.8 Å². The number of hydrogen-bond acceptors (Lipinski definition) is 5. The molecule has 1 amide bonds. The number of carbonyl (C=O) groups is 1. The lowest BCUT2D eigenvalue weighted by molar-refractivity contribution is -0.118. The molecule has 0 fully saturated rings. The Morgan fingerprint density at radius 1 is 1.23 bits per heavy atom. The standard InChI is InChI=1S/C23H22N4O3/c1-13-6-5-8-16(10-13)25-21(28)14(2)27-12-24-19-17-11-15-7-3-4-9-18(15)26-22(17)30-20(19)23(27)29/h5-6,8,10-12,14H,3-4,7,9H2,1-2H3,(H,25,28). The molecule has 1 atom stereocenters. The molecule has 7 nitrogen and oxygen atoms in total. The van der Waals surface area contributed by atoms with Gasteiger partial charge < -0.3 is 9.73 Å². The molecular weight excluding hydrogens is 380 g/mol. The Kier molecular flexibility index (Phi) is 4.38. The number of aryl methyl sites for hydroxylation is 3. The summed E-state index contributed by atoms with van der Waals surface area (Å²) in [7, 11) is 0. The zero-order valence-electron chi connectivity index (χ0n) is 16.9. The van der Waals surface area contributed by atoms with Crippen LogP contribution in [0, 0.1) is 6.92 Å². The van der Waals surface area contributed by atoms with Crippen molar-refractivity contribution in [2.24, 2.45) is 0 Å². The summed E-state index contributed by atoms with van der Waals surface area (Å²) in [6.45, 7) is 3.62. The smallest absolute Gasteiger partial charge is 0.297 e. The van der Waals surface area contributed by atoms with E-state index in [0.717, 1.165) is 42.3 Å². The van der Waals surface area contributed by atoms with Crippen LogP contribution >= 0.6 is 0 Å². The molecule has 152 valence electrons. The highest BCUT2D eigenvalue weighted by atomic mass is 16.3. The molecule has 1 unspecified atom stereocenters. The Balaban J connectivity index is 1.53. The molecular formula is C23H22N4O3. The van der Waals surface area contributed by atoms with Crippen LogP contribution in [0.25, 0.3) is 22.2 Å². The highest BCUT2D eigenvalue weighted by molar-refractivity contribution is 6.01. The van der Waals surface area contributed by atoms with Crippen molar-refractivity contribution in [2.75, 3.05) is 5.32 Å². The lowest BCUT2D eigenvalue weighted by Gasteiger charge is -2.14. The first kappa shape index (κ1) is 18.5. The quantitative estimate of drug-likeness (QED) is 0.561. The number of nitrogens with one attached hydrogen (secondary N) is 1. The Labute approximate surface area is 172 Å². The van der Waals surface area contributed by atoms with Gasteiger partial charge in [0, 0.05) is 11.4 Å². The van der Waals surface area contributed by atoms with Crippen molar-refractivity contribution in [1.29, 1.82) is 0 Å². The molecule has 1 N–H and O–H groups in total. The van der Waals surface area contributed by atoms with Gasteiger partial charge in [0.2, 0.25) is 17.2 Å². The lowest BCUT2D eigenvalue weighted by atomic mass is 9.95. The molecule has 0 bridgehead atoms. The molecule has 1 aromatic carbocycles. The van der Waals surface area contributed by atoms with Crippen LogP contribution < -0.4 is 10.9 Å². The number of anilines is 1. The van der Waals surface area contributed by atoms with Crippen LogP contribution in [0.3, 0.4) is 0 Å². The van der Waals surface area contributed by atoms with E-state index in [1.165, 1.54) is 16.5 Å². The van der Waals surface area contributed by atoms with Gasteiger partial charge in [-0.1, -0.05) is 12.1 Å².